The minimum absolute atomic E-state index is 0.294. The third-order valence-corrected chi connectivity index (χ3v) is 9.57. The average molecular weight is 592 g/mol. The lowest BCUT2D eigenvalue weighted by Gasteiger charge is -2.20. The maximum absolute atomic E-state index is 9.22. The van der Waals surface area contributed by atoms with E-state index in [1.807, 2.05) is 24.3 Å². The maximum Gasteiger partial charge on any atom is 0.0991 e. The summed E-state index contributed by atoms with van der Waals surface area (Å²) in [4.78, 5) is 5.23. The van der Waals surface area contributed by atoms with Crippen LogP contribution in [-0.2, 0) is 6.54 Å². The zero-order valence-electron chi connectivity index (χ0n) is 25.8. The molecule has 220 valence electrons. The number of hydrogen-bond acceptors (Lipinski definition) is 2. The van der Waals surface area contributed by atoms with E-state index in [1.54, 1.807) is 0 Å². The van der Waals surface area contributed by atoms with Crippen molar-refractivity contribution in [1.29, 1.82) is 5.26 Å². The van der Waals surface area contributed by atoms with Gasteiger partial charge in [0.05, 0.1) is 34.9 Å². The first-order valence-electron chi connectivity index (χ1n) is 16.0. The summed E-state index contributed by atoms with van der Waals surface area (Å²) in [6.45, 7) is 2.82. The van der Waals surface area contributed by atoms with Crippen molar-refractivity contribution in [2.24, 2.45) is 4.99 Å². The smallest absolute Gasteiger partial charge is 0.0991 e. The molecular formula is C43H33N3. The third-order valence-electron chi connectivity index (χ3n) is 9.57. The molecule has 0 aliphatic heterocycles. The lowest BCUT2D eigenvalue weighted by Crippen LogP contribution is -2.06. The highest BCUT2D eigenvalue weighted by molar-refractivity contribution is 6.21. The topological polar surface area (TPSA) is 41.1 Å². The summed E-state index contributed by atoms with van der Waals surface area (Å²) >= 11 is 0. The summed E-state index contributed by atoms with van der Waals surface area (Å²) in [5, 5.41) is 11.8. The van der Waals surface area contributed by atoms with Crippen LogP contribution in [-0.4, -0.2) is 10.3 Å². The molecule has 3 heteroatoms. The highest BCUT2D eigenvalue weighted by Gasteiger charge is 2.30. The zero-order valence-corrected chi connectivity index (χ0v) is 25.8. The maximum atomic E-state index is 9.22. The quantitative estimate of drug-likeness (QED) is 0.197. The molecule has 8 rings (SSSR count). The number of benzene rings is 5. The first-order chi connectivity index (χ1) is 22.7. The Morgan fingerprint density at radius 1 is 0.804 bits per heavy atom. The van der Waals surface area contributed by atoms with Gasteiger partial charge in [0.25, 0.3) is 0 Å². The normalized spacial score (nSPS) is 17.9. The van der Waals surface area contributed by atoms with Gasteiger partial charge in [-0.15, -0.1) is 0 Å². The van der Waals surface area contributed by atoms with Crippen LogP contribution in [0.3, 0.4) is 0 Å². The van der Waals surface area contributed by atoms with E-state index in [4.69, 9.17) is 4.99 Å². The van der Waals surface area contributed by atoms with Crippen molar-refractivity contribution in [3.05, 3.63) is 179 Å². The fourth-order valence-corrected chi connectivity index (χ4v) is 7.18. The molecule has 0 saturated heterocycles. The molecule has 3 nitrogen and oxygen atoms in total. The molecule has 2 aliphatic rings. The summed E-state index contributed by atoms with van der Waals surface area (Å²) in [7, 11) is 0. The molecule has 0 N–H and O–H groups in total. The molecule has 0 radical (unpaired) electrons. The number of nitrogens with zero attached hydrogens (tertiary/aromatic N) is 3. The van der Waals surface area contributed by atoms with Gasteiger partial charge in [-0.05, 0) is 89.6 Å². The van der Waals surface area contributed by atoms with Crippen LogP contribution in [0.1, 0.15) is 47.9 Å². The van der Waals surface area contributed by atoms with Crippen LogP contribution in [0.4, 0.5) is 0 Å². The number of para-hydroxylation sites is 2. The minimum Gasteiger partial charge on any atom is -0.309 e. The van der Waals surface area contributed by atoms with Gasteiger partial charge in [0.2, 0.25) is 0 Å². The van der Waals surface area contributed by atoms with Crippen molar-refractivity contribution in [1.82, 2.24) is 4.57 Å². The molecule has 2 aliphatic carbocycles. The number of aromatic nitrogens is 1. The van der Waals surface area contributed by atoms with Crippen LogP contribution in [0.25, 0.3) is 33.1 Å². The highest BCUT2D eigenvalue weighted by atomic mass is 15.0. The lowest BCUT2D eigenvalue weighted by atomic mass is 9.86. The molecule has 5 aromatic carbocycles. The monoisotopic (exact) mass is 591 g/mol. The lowest BCUT2D eigenvalue weighted by molar-refractivity contribution is 0.795. The molecule has 0 amide bonds. The fraction of sp³-hybridized carbons (Fsp3) is 0.116. The Balaban J connectivity index is 1.15. The Hall–Kier alpha value is -5.72. The number of fused-ring (bicyclic) bond motifs is 3. The molecule has 0 bridgehead atoms. The first kappa shape index (κ1) is 27.8. The first-order valence-corrected chi connectivity index (χ1v) is 16.0. The molecule has 0 saturated carbocycles. The van der Waals surface area contributed by atoms with Crippen LogP contribution in [0.2, 0.25) is 0 Å². The largest absolute Gasteiger partial charge is 0.309 e. The predicted octanol–water partition coefficient (Wildman–Crippen LogP) is 10.5. The Morgan fingerprint density at radius 3 is 2.22 bits per heavy atom. The summed E-state index contributed by atoms with van der Waals surface area (Å²) in [5.74, 6) is 0.294. The van der Waals surface area contributed by atoms with Gasteiger partial charge in [-0.3, -0.25) is 4.99 Å². The van der Waals surface area contributed by atoms with Crippen molar-refractivity contribution in [3.8, 4) is 11.8 Å². The molecule has 1 aromatic heterocycles. The highest BCUT2D eigenvalue weighted by Crippen LogP contribution is 2.43. The second-order valence-corrected chi connectivity index (χ2v) is 12.3. The van der Waals surface area contributed by atoms with E-state index in [-0.39, 0.29) is 0 Å². The van der Waals surface area contributed by atoms with Crippen molar-refractivity contribution < 1.29 is 0 Å². The van der Waals surface area contributed by atoms with Crippen LogP contribution >= 0.6 is 0 Å². The molecule has 0 spiro atoms. The van der Waals surface area contributed by atoms with E-state index >= 15 is 0 Å². The number of nitriles is 1. The number of aliphatic imine (C=N–C) groups is 1. The van der Waals surface area contributed by atoms with E-state index in [0.717, 1.165) is 24.1 Å². The Bertz CT molecular complexity index is 2230. The molecule has 1 atom stereocenters. The second-order valence-electron chi connectivity index (χ2n) is 12.3. The second kappa shape index (κ2) is 11.7. The predicted molar refractivity (Wildman–Crippen MR) is 190 cm³/mol. The SMILES string of the molecule is C/C(=C1/CC2=C(C=CC(c3cccc(-n4c5ccccc5c5ccccc54)c3)C2)C1=NCc1ccc(C#N)cc1)c1ccccc1. The summed E-state index contributed by atoms with van der Waals surface area (Å²) < 4.78 is 2.40. The van der Waals surface area contributed by atoms with Crippen LogP contribution in [0.5, 0.6) is 0 Å². The molecule has 6 aromatic rings. The van der Waals surface area contributed by atoms with E-state index < -0.39 is 0 Å². The van der Waals surface area contributed by atoms with Crippen molar-refractivity contribution in [2.75, 3.05) is 0 Å². The van der Waals surface area contributed by atoms with Gasteiger partial charge < -0.3 is 4.57 Å². The van der Waals surface area contributed by atoms with Crippen molar-refractivity contribution >= 4 is 33.1 Å². The fourth-order valence-electron chi connectivity index (χ4n) is 7.18. The van der Waals surface area contributed by atoms with Crippen molar-refractivity contribution in [3.63, 3.8) is 0 Å². The average Bonchev–Trinajstić information content (AvgIpc) is 3.66. The van der Waals surface area contributed by atoms with Gasteiger partial charge in [-0.1, -0.05) is 109 Å². The van der Waals surface area contributed by atoms with E-state index in [2.05, 4.69) is 133 Å². The zero-order chi connectivity index (χ0) is 31.0. The van der Waals surface area contributed by atoms with E-state index in [1.165, 1.54) is 60.9 Å². The van der Waals surface area contributed by atoms with Crippen LogP contribution in [0.15, 0.2) is 161 Å². The number of hydrogen-bond donors (Lipinski definition) is 0. The summed E-state index contributed by atoms with van der Waals surface area (Å²) in [5.41, 5.74) is 14.4. The number of rotatable bonds is 5. The standard InChI is InChI=1S/C43H33N3/c1-29(32-10-3-2-4-11-32)40-26-35-24-34(22-23-37(35)43(40)45-28-31-20-18-30(27-44)19-21-31)33-12-9-13-36(25-33)46-41-16-7-5-14-38(41)39-15-6-8-17-42(39)46/h2-23,25,34H,24,26,28H2,1H3/b40-29+,45-43?. The molecular weight excluding hydrogens is 558 g/mol. The molecule has 0 fully saturated rings. The van der Waals surface area contributed by atoms with Gasteiger partial charge >= 0.3 is 0 Å². The molecule has 1 unspecified atom stereocenters. The van der Waals surface area contributed by atoms with E-state index in [0.29, 0.717) is 18.0 Å². The van der Waals surface area contributed by atoms with Crippen LogP contribution in [0, 0.1) is 11.3 Å². The Morgan fingerprint density at radius 2 is 1.50 bits per heavy atom. The van der Waals surface area contributed by atoms with Gasteiger partial charge in [-0.2, -0.15) is 5.26 Å². The minimum atomic E-state index is 0.294. The van der Waals surface area contributed by atoms with Gasteiger partial charge in [0, 0.05) is 22.4 Å². The third kappa shape index (κ3) is 4.89. The number of allylic oxidation sites excluding steroid dienone is 6. The molecule has 1 heterocycles. The summed E-state index contributed by atoms with van der Waals surface area (Å²) in [6, 6.07) is 47.1. The van der Waals surface area contributed by atoms with Gasteiger partial charge in [0.15, 0.2) is 0 Å². The van der Waals surface area contributed by atoms with Gasteiger partial charge in [0.1, 0.15) is 0 Å². The summed E-state index contributed by atoms with van der Waals surface area (Å²) in [6.07, 6.45) is 6.58. The van der Waals surface area contributed by atoms with Crippen LogP contribution < -0.4 is 0 Å². The van der Waals surface area contributed by atoms with Gasteiger partial charge in [-0.25, -0.2) is 0 Å². The van der Waals surface area contributed by atoms with Crippen molar-refractivity contribution in [2.45, 2.75) is 32.2 Å². The van der Waals surface area contributed by atoms with E-state index in [9.17, 15) is 5.26 Å². The Kier molecular flexibility index (Phi) is 7.04. The Labute approximate surface area is 269 Å². The molecule has 46 heavy (non-hydrogen) atoms.